The third-order valence-corrected chi connectivity index (χ3v) is 3.43. The minimum Gasteiger partial charge on any atom is -0.295 e. The molecule has 1 heterocycles. The van der Waals surface area contributed by atoms with E-state index in [1.54, 1.807) is 0 Å². The van der Waals surface area contributed by atoms with Crippen LogP contribution in [-0.2, 0) is 6.54 Å². The van der Waals surface area contributed by atoms with Crippen molar-refractivity contribution in [3.05, 3.63) is 18.0 Å². The van der Waals surface area contributed by atoms with Crippen LogP contribution in [0.4, 0.5) is 0 Å². The van der Waals surface area contributed by atoms with Gasteiger partial charge in [-0.1, -0.05) is 26.2 Å². The zero-order valence-corrected chi connectivity index (χ0v) is 9.58. The van der Waals surface area contributed by atoms with E-state index in [1.165, 1.54) is 37.8 Å². The SMILES string of the molecule is CCN(Cc1ccn[nH]1)C1CCCCC1. The topological polar surface area (TPSA) is 31.9 Å². The largest absolute Gasteiger partial charge is 0.295 e. The Bertz CT molecular complexity index is 262. The molecule has 1 N–H and O–H groups in total. The van der Waals surface area contributed by atoms with Gasteiger partial charge in [-0.05, 0) is 25.5 Å². The Morgan fingerprint density at radius 3 is 2.80 bits per heavy atom. The molecule has 1 aromatic rings. The van der Waals surface area contributed by atoms with Crippen LogP contribution >= 0.6 is 0 Å². The van der Waals surface area contributed by atoms with Crippen LogP contribution in [0.3, 0.4) is 0 Å². The van der Waals surface area contributed by atoms with E-state index in [2.05, 4.69) is 28.1 Å². The minimum absolute atomic E-state index is 0.798. The quantitative estimate of drug-likeness (QED) is 0.823. The maximum atomic E-state index is 4.00. The maximum absolute atomic E-state index is 4.00. The van der Waals surface area contributed by atoms with Crippen LogP contribution in [0.1, 0.15) is 44.7 Å². The fraction of sp³-hybridized carbons (Fsp3) is 0.750. The van der Waals surface area contributed by atoms with Gasteiger partial charge in [-0.25, -0.2) is 0 Å². The van der Waals surface area contributed by atoms with Gasteiger partial charge in [-0.15, -0.1) is 0 Å². The van der Waals surface area contributed by atoms with Crippen molar-refractivity contribution in [1.82, 2.24) is 15.1 Å². The molecule has 1 aliphatic rings. The van der Waals surface area contributed by atoms with E-state index in [0.717, 1.165) is 19.1 Å². The van der Waals surface area contributed by atoms with Crippen molar-refractivity contribution >= 4 is 0 Å². The molecule has 0 saturated heterocycles. The summed E-state index contributed by atoms with van der Waals surface area (Å²) in [6.45, 7) is 4.43. The molecule has 0 amide bonds. The first kappa shape index (κ1) is 10.7. The molecule has 3 nitrogen and oxygen atoms in total. The van der Waals surface area contributed by atoms with Gasteiger partial charge in [0.05, 0.1) is 0 Å². The summed E-state index contributed by atoms with van der Waals surface area (Å²) in [5, 5.41) is 7.05. The Morgan fingerprint density at radius 2 is 2.20 bits per heavy atom. The van der Waals surface area contributed by atoms with Crippen LogP contribution in [0.5, 0.6) is 0 Å². The van der Waals surface area contributed by atoms with Crippen LogP contribution in [0.15, 0.2) is 12.3 Å². The second-order valence-corrected chi connectivity index (χ2v) is 4.44. The molecule has 0 spiro atoms. The van der Waals surface area contributed by atoms with Crippen LogP contribution in [0, 0.1) is 0 Å². The van der Waals surface area contributed by atoms with E-state index in [4.69, 9.17) is 0 Å². The highest BCUT2D eigenvalue weighted by Crippen LogP contribution is 2.23. The average molecular weight is 207 g/mol. The lowest BCUT2D eigenvalue weighted by Crippen LogP contribution is -2.36. The Hall–Kier alpha value is -0.830. The Balaban J connectivity index is 1.91. The van der Waals surface area contributed by atoms with E-state index >= 15 is 0 Å². The van der Waals surface area contributed by atoms with E-state index in [9.17, 15) is 0 Å². The molecule has 0 radical (unpaired) electrons. The fourth-order valence-corrected chi connectivity index (χ4v) is 2.54. The maximum Gasteiger partial charge on any atom is 0.0492 e. The van der Waals surface area contributed by atoms with Crippen molar-refractivity contribution in [2.45, 2.75) is 51.6 Å². The number of hydrogen-bond acceptors (Lipinski definition) is 2. The van der Waals surface area contributed by atoms with Crippen molar-refractivity contribution in [3.63, 3.8) is 0 Å². The van der Waals surface area contributed by atoms with E-state index < -0.39 is 0 Å². The summed E-state index contributed by atoms with van der Waals surface area (Å²) < 4.78 is 0. The van der Waals surface area contributed by atoms with Crippen LogP contribution in [0.25, 0.3) is 0 Å². The van der Waals surface area contributed by atoms with Gasteiger partial charge in [-0.2, -0.15) is 5.10 Å². The van der Waals surface area contributed by atoms with E-state index in [1.807, 2.05) is 6.20 Å². The van der Waals surface area contributed by atoms with E-state index in [0.29, 0.717) is 0 Å². The van der Waals surface area contributed by atoms with Gasteiger partial charge in [0.25, 0.3) is 0 Å². The summed E-state index contributed by atoms with van der Waals surface area (Å²) in [7, 11) is 0. The summed E-state index contributed by atoms with van der Waals surface area (Å²) in [5.74, 6) is 0. The van der Waals surface area contributed by atoms with Gasteiger partial charge >= 0.3 is 0 Å². The molecular formula is C12H21N3. The average Bonchev–Trinajstić information content (AvgIpc) is 2.80. The lowest BCUT2D eigenvalue weighted by Gasteiger charge is -2.33. The van der Waals surface area contributed by atoms with Gasteiger partial charge in [0.1, 0.15) is 0 Å². The van der Waals surface area contributed by atoms with Crippen molar-refractivity contribution in [2.75, 3.05) is 6.54 Å². The first-order valence-corrected chi connectivity index (χ1v) is 6.12. The molecule has 2 rings (SSSR count). The van der Waals surface area contributed by atoms with Crippen molar-refractivity contribution in [2.24, 2.45) is 0 Å². The second-order valence-electron chi connectivity index (χ2n) is 4.44. The molecule has 0 aromatic carbocycles. The van der Waals surface area contributed by atoms with Crippen LogP contribution in [0.2, 0.25) is 0 Å². The number of rotatable bonds is 4. The summed E-state index contributed by atoms with van der Waals surface area (Å²) in [6, 6.07) is 2.87. The monoisotopic (exact) mass is 207 g/mol. The number of H-pyrrole nitrogens is 1. The fourth-order valence-electron chi connectivity index (χ4n) is 2.54. The standard InChI is InChI=1S/C12H21N3/c1-2-15(10-11-8-9-13-14-11)12-6-4-3-5-7-12/h8-9,12H,2-7,10H2,1H3,(H,13,14). The number of nitrogens with one attached hydrogen (secondary N) is 1. The Kier molecular flexibility index (Phi) is 3.78. The third kappa shape index (κ3) is 2.81. The minimum atomic E-state index is 0.798. The Morgan fingerprint density at radius 1 is 1.40 bits per heavy atom. The molecule has 1 fully saturated rings. The summed E-state index contributed by atoms with van der Waals surface area (Å²) in [4.78, 5) is 2.58. The highest BCUT2D eigenvalue weighted by atomic mass is 15.2. The number of hydrogen-bond donors (Lipinski definition) is 1. The van der Waals surface area contributed by atoms with Gasteiger partial charge in [0.15, 0.2) is 0 Å². The van der Waals surface area contributed by atoms with Crippen LogP contribution in [-0.4, -0.2) is 27.7 Å². The highest BCUT2D eigenvalue weighted by molar-refractivity contribution is 4.97. The first-order chi connectivity index (χ1) is 7.40. The third-order valence-electron chi connectivity index (χ3n) is 3.43. The molecule has 0 atom stereocenters. The molecule has 1 aliphatic carbocycles. The predicted octanol–water partition coefficient (Wildman–Crippen LogP) is 2.56. The molecule has 3 heteroatoms. The van der Waals surface area contributed by atoms with Gasteiger partial charge in [-0.3, -0.25) is 10.00 Å². The molecule has 15 heavy (non-hydrogen) atoms. The molecule has 84 valence electrons. The molecule has 0 aliphatic heterocycles. The van der Waals surface area contributed by atoms with E-state index in [-0.39, 0.29) is 0 Å². The Labute approximate surface area is 91.9 Å². The lowest BCUT2D eigenvalue weighted by atomic mass is 9.94. The smallest absolute Gasteiger partial charge is 0.0492 e. The molecular weight excluding hydrogens is 186 g/mol. The second kappa shape index (κ2) is 5.31. The van der Waals surface area contributed by atoms with Gasteiger partial charge < -0.3 is 0 Å². The molecule has 0 bridgehead atoms. The van der Waals surface area contributed by atoms with Crippen molar-refractivity contribution in [1.29, 1.82) is 0 Å². The highest BCUT2D eigenvalue weighted by Gasteiger charge is 2.19. The van der Waals surface area contributed by atoms with Crippen molar-refractivity contribution in [3.8, 4) is 0 Å². The normalized spacial score (nSPS) is 18.5. The van der Waals surface area contributed by atoms with Gasteiger partial charge in [0, 0.05) is 24.5 Å². The number of aromatic amines is 1. The molecule has 1 saturated carbocycles. The van der Waals surface area contributed by atoms with Crippen LogP contribution < -0.4 is 0 Å². The lowest BCUT2D eigenvalue weighted by molar-refractivity contribution is 0.154. The summed E-state index contributed by atoms with van der Waals surface area (Å²) in [5.41, 5.74) is 1.24. The first-order valence-electron chi connectivity index (χ1n) is 6.12. The number of aromatic nitrogens is 2. The molecule has 0 unspecified atom stereocenters. The zero-order chi connectivity index (χ0) is 10.5. The summed E-state index contributed by atoms with van der Waals surface area (Å²) in [6.07, 6.45) is 8.83. The van der Waals surface area contributed by atoms with Crippen molar-refractivity contribution < 1.29 is 0 Å². The van der Waals surface area contributed by atoms with Gasteiger partial charge in [0.2, 0.25) is 0 Å². The zero-order valence-electron chi connectivity index (χ0n) is 9.58. The molecule has 1 aromatic heterocycles. The number of nitrogens with zero attached hydrogens (tertiary/aromatic N) is 2. The predicted molar refractivity (Wildman–Crippen MR) is 61.5 cm³/mol. The summed E-state index contributed by atoms with van der Waals surface area (Å²) >= 11 is 0.